The molecule has 4 nitrogen and oxygen atoms in total. The predicted molar refractivity (Wildman–Crippen MR) is 85.1 cm³/mol. The van der Waals surface area contributed by atoms with Gasteiger partial charge in [0.15, 0.2) is 0 Å². The molecule has 0 radical (unpaired) electrons. The van der Waals surface area contributed by atoms with Crippen LogP contribution in [-0.2, 0) is 6.54 Å². The van der Waals surface area contributed by atoms with Crippen molar-refractivity contribution in [2.45, 2.75) is 13.5 Å². The van der Waals surface area contributed by atoms with Gasteiger partial charge in [0.1, 0.15) is 5.69 Å². The van der Waals surface area contributed by atoms with Gasteiger partial charge in [-0.3, -0.25) is 4.79 Å². The smallest absolute Gasteiger partial charge is 0.267 e. The Morgan fingerprint density at radius 3 is 2.76 bits per heavy atom. The van der Waals surface area contributed by atoms with E-state index in [9.17, 15) is 4.79 Å². The summed E-state index contributed by atoms with van der Waals surface area (Å²) in [5.74, 6) is -0.132. The topological polar surface area (TPSA) is 70.9 Å². The molecule has 1 heterocycles. The highest BCUT2D eigenvalue weighted by Crippen LogP contribution is 2.21. The number of nitrogen functional groups attached to an aromatic ring is 1. The number of nitrogens with two attached hydrogens (primary N) is 1. The molecule has 1 aromatic heterocycles. The van der Waals surface area contributed by atoms with Crippen LogP contribution in [0.2, 0.25) is 0 Å². The van der Waals surface area contributed by atoms with Crippen molar-refractivity contribution >= 4 is 22.5 Å². The number of fused-ring (bicyclic) bond motifs is 1. The van der Waals surface area contributed by atoms with Gasteiger partial charge in [-0.25, -0.2) is 0 Å². The average molecular weight is 279 g/mol. The first-order valence-corrected chi connectivity index (χ1v) is 6.84. The first-order valence-electron chi connectivity index (χ1n) is 6.84. The second-order valence-electron chi connectivity index (χ2n) is 5.17. The zero-order valence-electron chi connectivity index (χ0n) is 11.8. The number of para-hydroxylation sites is 1. The molecule has 0 fully saturated rings. The number of benzene rings is 2. The summed E-state index contributed by atoms with van der Waals surface area (Å²) < 4.78 is 0. The number of aryl methyl sites for hydroxylation is 1. The molecule has 0 unspecified atom stereocenters. The van der Waals surface area contributed by atoms with E-state index in [0.717, 1.165) is 16.5 Å². The van der Waals surface area contributed by atoms with Gasteiger partial charge in [0, 0.05) is 11.9 Å². The fraction of sp³-hybridized carbons (Fsp3) is 0.118. The molecule has 0 aliphatic carbocycles. The molecular formula is C17H17N3O. The van der Waals surface area contributed by atoms with Crippen molar-refractivity contribution in [3.05, 3.63) is 65.4 Å². The molecule has 106 valence electrons. The number of H-pyrrole nitrogens is 1. The lowest BCUT2D eigenvalue weighted by molar-refractivity contribution is 0.0947. The largest absolute Gasteiger partial charge is 0.397 e. The van der Waals surface area contributed by atoms with E-state index >= 15 is 0 Å². The second kappa shape index (κ2) is 5.32. The van der Waals surface area contributed by atoms with Crippen LogP contribution in [0.25, 0.3) is 10.9 Å². The van der Waals surface area contributed by atoms with Gasteiger partial charge in [-0.05, 0) is 24.6 Å². The Balaban J connectivity index is 1.76. The lowest BCUT2D eigenvalue weighted by Gasteiger charge is -2.04. The summed E-state index contributed by atoms with van der Waals surface area (Å²) >= 11 is 0. The number of aromatic nitrogens is 1. The maximum atomic E-state index is 12.2. The monoisotopic (exact) mass is 279 g/mol. The Kier molecular flexibility index (Phi) is 3.36. The van der Waals surface area contributed by atoms with Crippen LogP contribution < -0.4 is 11.1 Å². The predicted octanol–water partition coefficient (Wildman–Crippen LogP) is 2.99. The van der Waals surface area contributed by atoms with Gasteiger partial charge < -0.3 is 16.0 Å². The van der Waals surface area contributed by atoms with E-state index in [0.29, 0.717) is 17.9 Å². The summed E-state index contributed by atoms with van der Waals surface area (Å²) in [5.41, 5.74) is 10.1. The van der Waals surface area contributed by atoms with Crippen molar-refractivity contribution in [1.29, 1.82) is 0 Å². The Morgan fingerprint density at radius 2 is 2.00 bits per heavy atom. The SMILES string of the molecule is Cc1cccc(CNC(=O)c2cc3cccc(N)c3[nH]2)c1. The number of carbonyl (C=O) groups excluding carboxylic acids is 1. The van der Waals surface area contributed by atoms with E-state index in [1.165, 1.54) is 5.56 Å². The molecule has 0 aliphatic heterocycles. The number of hydrogen-bond donors (Lipinski definition) is 3. The fourth-order valence-electron chi connectivity index (χ4n) is 2.40. The van der Waals surface area contributed by atoms with Gasteiger partial charge >= 0.3 is 0 Å². The molecule has 4 N–H and O–H groups in total. The number of carbonyl (C=O) groups is 1. The van der Waals surface area contributed by atoms with Crippen molar-refractivity contribution in [3.8, 4) is 0 Å². The Bertz CT molecular complexity index is 805. The summed E-state index contributed by atoms with van der Waals surface area (Å²) in [6.45, 7) is 2.54. The van der Waals surface area contributed by atoms with Crippen molar-refractivity contribution < 1.29 is 4.79 Å². The molecule has 3 rings (SSSR count). The van der Waals surface area contributed by atoms with Crippen LogP contribution in [0.4, 0.5) is 5.69 Å². The number of hydrogen-bond acceptors (Lipinski definition) is 2. The van der Waals surface area contributed by atoms with E-state index in [1.807, 2.05) is 49.4 Å². The third-order valence-electron chi connectivity index (χ3n) is 3.47. The number of nitrogens with one attached hydrogen (secondary N) is 2. The third-order valence-corrected chi connectivity index (χ3v) is 3.47. The van der Waals surface area contributed by atoms with Crippen molar-refractivity contribution in [2.24, 2.45) is 0 Å². The molecule has 1 amide bonds. The van der Waals surface area contributed by atoms with Crippen LogP contribution in [0.3, 0.4) is 0 Å². The molecule has 3 aromatic rings. The number of anilines is 1. The minimum Gasteiger partial charge on any atom is -0.397 e. The van der Waals surface area contributed by atoms with Gasteiger partial charge in [-0.15, -0.1) is 0 Å². The zero-order chi connectivity index (χ0) is 14.8. The first-order chi connectivity index (χ1) is 10.1. The lowest BCUT2D eigenvalue weighted by Crippen LogP contribution is -2.23. The molecule has 0 bridgehead atoms. The summed E-state index contributed by atoms with van der Waals surface area (Å²) in [6.07, 6.45) is 0. The quantitative estimate of drug-likeness (QED) is 0.645. The summed E-state index contributed by atoms with van der Waals surface area (Å²) in [4.78, 5) is 15.3. The van der Waals surface area contributed by atoms with Crippen LogP contribution in [-0.4, -0.2) is 10.9 Å². The lowest BCUT2D eigenvalue weighted by atomic mass is 10.1. The Morgan fingerprint density at radius 1 is 1.19 bits per heavy atom. The van der Waals surface area contributed by atoms with Gasteiger partial charge in [0.2, 0.25) is 0 Å². The standard InChI is InChI=1S/C17H17N3O/c1-11-4-2-5-12(8-11)10-19-17(21)15-9-13-6-3-7-14(18)16(13)20-15/h2-9,20H,10,18H2,1H3,(H,19,21). The summed E-state index contributed by atoms with van der Waals surface area (Å²) in [5, 5.41) is 3.85. The summed E-state index contributed by atoms with van der Waals surface area (Å²) in [7, 11) is 0. The van der Waals surface area contributed by atoms with E-state index in [4.69, 9.17) is 5.73 Å². The van der Waals surface area contributed by atoms with Crippen molar-refractivity contribution in [2.75, 3.05) is 5.73 Å². The van der Waals surface area contributed by atoms with Crippen molar-refractivity contribution in [1.82, 2.24) is 10.3 Å². The molecule has 0 atom stereocenters. The van der Waals surface area contributed by atoms with Gasteiger partial charge in [-0.1, -0.05) is 42.0 Å². The van der Waals surface area contributed by atoms with Crippen LogP contribution >= 0.6 is 0 Å². The Labute approximate surface area is 123 Å². The molecule has 0 saturated carbocycles. The highest BCUT2D eigenvalue weighted by atomic mass is 16.1. The van der Waals surface area contributed by atoms with Crippen LogP contribution in [0.15, 0.2) is 48.5 Å². The molecular weight excluding hydrogens is 262 g/mol. The highest BCUT2D eigenvalue weighted by Gasteiger charge is 2.10. The molecule has 21 heavy (non-hydrogen) atoms. The van der Waals surface area contributed by atoms with E-state index in [-0.39, 0.29) is 5.91 Å². The number of aromatic amines is 1. The maximum Gasteiger partial charge on any atom is 0.267 e. The molecule has 2 aromatic carbocycles. The minimum atomic E-state index is -0.132. The molecule has 0 spiro atoms. The number of rotatable bonds is 3. The van der Waals surface area contributed by atoms with Crippen LogP contribution in [0.5, 0.6) is 0 Å². The van der Waals surface area contributed by atoms with Gasteiger partial charge in [-0.2, -0.15) is 0 Å². The van der Waals surface area contributed by atoms with Crippen LogP contribution in [0.1, 0.15) is 21.6 Å². The van der Waals surface area contributed by atoms with E-state index < -0.39 is 0 Å². The zero-order valence-corrected chi connectivity index (χ0v) is 11.8. The average Bonchev–Trinajstić information content (AvgIpc) is 2.90. The van der Waals surface area contributed by atoms with Crippen molar-refractivity contribution in [3.63, 3.8) is 0 Å². The summed E-state index contributed by atoms with van der Waals surface area (Å²) in [6, 6.07) is 15.5. The molecule has 4 heteroatoms. The minimum absolute atomic E-state index is 0.132. The van der Waals surface area contributed by atoms with E-state index in [2.05, 4.69) is 16.4 Å². The van der Waals surface area contributed by atoms with E-state index in [1.54, 1.807) is 0 Å². The second-order valence-corrected chi connectivity index (χ2v) is 5.17. The normalized spacial score (nSPS) is 10.7. The Hall–Kier alpha value is -2.75. The van der Waals surface area contributed by atoms with Crippen LogP contribution in [0, 0.1) is 6.92 Å². The maximum absolute atomic E-state index is 12.2. The number of amides is 1. The van der Waals surface area contributed by atoms with Gasteiger partial charge in [0.25, 0.3) is 5.91 Å². The fourth-order valence-corrected chi connectivity index (χ4v) is 2.40. The first kappa shape index (κ1) is 13.2. The highest BCUT2D eigenvalue weighted by molar-refractivity contribution is 6.00. The molecule has 0 aliphatic rings. The van der Waals surface area contributed by atoms with Gasteiger partial charge in [0.05, 0.1) is 11.2 Å². The molecule has 0 saturated heterocycles. The third kappa shape index (κ3) is 2.74.